The van der Waals surface area contributed by atoms with Gasteiger partial charge in [0.25, 0.3) is 0 Å². The van der Waals surface area contributed by atoms with Crippen molar-refractivity contribution in [1.29, 1.82) is 0 Å². The molecule has 1 N–H and O–H groups in total. The van der Waals surface area contributed by atoms with E-state index in [0.717, 1.165) is 56.5 Å². The predicted molar refractivity (Wildman–Crippen MR) is 110 cm³/mol. The highest BCUT2D eigenvalue weighted by atomic mass is 15.3. The number of nitrogens with zero attached hydrogens (tertiary/aromatic N) is 4. The summed E-state index contributed by atoms with van der Waals surface area (Å²) in [5.74, 6) is 0.860. The molecule has 0 bridgehead atoms. The van der Waals surface area contributed by atoms with Crippen molar-refractivity contribution in [1.82, 2.24) is 20.2 Å². The van der Waals surface area contributed by atoms with Gasteiger partial charge in [0.1, 0.15) is 0 Å². The van der Waals surface area contributed by atoms with E-state index in [2.05, 4.69) is 62.6 Å². The zero-order valence-corrected chi connectivity index (χ0v) is 15.5. The quantitative estimate of drug-likeness (QED) is 0.779. The highest BCUT2D eigenvalue weighted by Crippen LogP contribution is 2.26. The van der Waals surface area contributed by atoms with Gasteiger partial charge in [0.15, 0.2) is 0 Å². The number of piperazine rings is 1. The summed E-state index contributed by atoms with van der Waals surface area (Å²) in [6, 6.07) is 17.6. The van der Waals surface area contributed by atoms with E-state index in [1.165, 1.54) is 17.2 Å². The van der Waals surface area contributed by atoms with Gasteiger partial charge in [-0.15, -0.1) is 0 Å². The Morgan fingerprint density at radius 2 is 1.78 bits per heavy atom. The molecule has 0 radical (unpaired) electrons. The SMILES string of the molecule is c1ccc2cc(-c3ccnc(N4CC[C@H](N5CCNCC5)C4)n3)ccc2c1. The third kappa shape index (κ3) is 3.40. The summed E-state index contributed by atoms with van der Waals surface area (Å²) in [6.45, 7) is 6.57. The van der Waals surface area contributed by atoms with Crippen molar-refractivity contribution in [3.63, 3.8) is 0 Å². The van der Waals surface area contributed by atoms with E-state index < -0.39 is 0 Å². The Morgan fingerprint density at radius 1 is 0.926 bits per heavy atom. The Morgan fingerprint density at radius 3 is 2.67 bits per heavy atom. The van der Waals surface area contributed by atoms with Gasteiger partial charge in [-0.2, -0.15) is 0 Å². The molecular weight excluding hydrogens is 334 g/mol. The van der Waals surface area contributed by atoms with Crippen LogP contribution >= 0.6 is 0 Å². The van der Waals surface area contributed by atoms with E-state index in [0.29, 0.717) is 6.04 Å². The van der Waals surface area contributed by atoms with Crippen LogP contribution in [0.15, 0.2) is 54.7 Å². The monoisotopic (exact) mass is 359 g/mol. The van der Waals surface area contributed by atoms with Crippen LogP contribution in [0.5, 0.6) is 0 Å². The topological polar surface area (TPSA) is 44.3 Å². The second-order valence-electron chi connectivity index (χ2n) is 7.48. The smallest absolute Gasteiger partial charge is 0.225 e. The number of aromatic nitrogens is 2. The van der Waals surface area contributed by atoms with Crippen LogP contribution in [0.25, 0.3) is 22.0 Å². The van der Waals surface area contributed by atoms with Crippen molar-refractivity contribution in [3.05, 3.63) is 54.7 Å². The first-order valence-electron chi connectivity index (χ1n) is 9.89. The summed E-state index contributed by atoms with van der Waals surface area (Å²) in [6.07, 6.45) is 3.09. The van der Waals surface area contributed by atoms with Crippen molar-refractivity contribution in [2.24, 2.45) is 0 Å². The lowest BCUT2D eigenvalue weighted by molar-refractivity contribution is 0.185. The Balaban J connectivity index is 1.37. The summed E-state index contributed by atoms with van der Waals surface area (Å²) in [4.78, 5) is 14.4. The fourth-order valence-corrected chi connectivity index (χ4v) is 4.28. The molecule has 3 aromatic rings. The van der Waals surface area contributed by atoms with Crippen LogP contribution in [0.3, 0.4) is 0 Å². The van der Waals surface area contributed by atoms with Crippen LogP contribution < -0.4 is 10.2 Å². The summed E-state index contributed by atoms with van der Waals surface area (Å²) >= 11 is 0. The summed E-state index contributed by atoms with van der Waals surface area (Å²) in [5.41, 5.74) is 2.14. The first-order chi connectivity index (χ1) is 13.4. The van der Waals surface area contributed by atoms with Gasteiger partial charge in [0.05, 0.1) is 5.69 Å². The molecule has 138 valence electrons. The molecule has 5 heteroatoms. The number of fused-ring (bicyclic) bond motifs is 1. The molecule has 0 unspecified atom stereocenters. The summed E-state index contributed by atoms with van der Waals surface area (Å²) in [7, 11) is 0. The fourth-order valence-electron chi connectivity index (χ4n) is 4.28. The number of hydrogen-bond donors (Lipinski definition) is 1. The Bertz CT molecular complexity index is 935. The van der Waals surface area contributed by atoms with Crippen LogP contribution in [-0.4, -0.2) is 60.2 Å². The summed E-state index contributed by atoms with van der Waals surface area (Å²) in [5, 5.41) is 5.94. The maximum Gasteiger partial charge on any atom is 0.225 e. The lowest BCUT2D eigenvalue weighted by Crippen LogP contribution is -2.49. The molecule has 3 heterocycles. The Labute approximate surface area is 160 Å². The fraction of sp³-hybridized carbons (Fsp3) is 0.364. The van der Waals surface area contributed by atoms with Crippen molar-refractivity contribution >= 4 is 16.7 Å². The standard InChI is InChI=1S/C22H25N5/c1-2-4-18-15-19(6-5-17(18)3-1)21-7-9-24-22(25-21)27-12-8-20(16-27)26-13-10-23-11-14-26/h1-7,9,15,20,23H,8,10-14,16H2/t20-/m0/s1. The molecule has 27 heavy (non-hydrogen) atoms. The molecule has 2 aliphatic heterocycles. The average Bonchev–Trinajstić information content (AvgIpc) is 3.25. The number of benzene rings is 2. The zero-order valence-electron chi connectivity index (χ0n) is 15.5. The average molecular weight is 359 g/mol. The van der Waals surface area contributed by atoms with Crippen LogP contribution in [0.1, 0.15) is 6.42 Å². The van der Waals surface area contributed by atoms with E-state index in [4.69, 9.17) is 4.98 Å². The molecule has 0 amide bonds. The van der Waals surface area contributed by atoms with Crippen LogP contribution in [0, 0.1) is 0 Å². The highest BCUT2D eigenvalue weighted by Gasteiger charge is 2.29. The molecule has 1 aromatic heterocycles. The van der Waals surface area contributed by atoms with E-state index in [-0.39, 0.29) is 0 Å². The Kier molecular flexibility index (Phi) is 4.47. The maximum absolute atomic E-state index is 4.90. The van der Waals surface area contributed by atoms with Gasteiger partial charge in [-0.25, -0.2) is 9.97 Å². The molecule has 5 rings (SSSR count). The first kappa shape index (κ1) is 16.7. The zero-order chi connectivity index (χ0) is 18.1. The van der Waals surface area contributed by atoms with Gasteiger partial charge in [0, 0.05) is 57.1 Å². The van der Waals surface area contributed by atoms with Gasteiger partial charge in [-0.3, -0.25) is 4.90 Å². The maximum atomic E-state index is 4.90. The first-order valence-corrected chi connectivity index (χ1v) is 9.89. The van der Waals surface area contributed by atoms with Gasteiger partial charge >= 0.3 is 0 Å². The third-order valence-electron chi connectivity index (χ3n) is 5.80. The molecule has 2 saturated heterocycles. The van der Waals surface area contributed by atoms with Gasteiger partial charge < -0.3 is 10.2 Å². The second-order valence-corrected chi connectivity index (χ2v) is 7.48. The molecule has 2 fully saturated rings. The number of hydrogen-bond acceptors (Lipinski definition) is 5. The normalized spacial score (nSPS) is 21.0. The lowest BCUT2D eigenvalue weighted by Gasteiger charge is -2.32. The molecule has 2 aliphatic rings. The van der Waals surface area contributed by atoms with E-state index >= 15 is 0 Å². The lowest BCUT2D eigenvalue weighted by atomic mass is 10.1. The number of rotatable bonds is 3. The van der Waals surface area contributed by atoms with Crippen LogP contribution in [0.2, 0.25) is 0 Å². The molecular formula is C22H25N5. The second kappa shape index (κ2) is 7.25. The minimum atomic E-state index is 0.625. The molecule has 0 spiro atoms. The molecule has 0 saturated carbocycles. The van der Waals surface area contributed by atoms with Gasteiger partial charge in [-0.05, 0) is 29.3 Å². The van der Waals surface area contributed by atoms with E-state index in [9.17, 15) is 0 Å². The molecule has 5 nitrogen and oxygen atoms in total. The van der Waals surface area contributed by atoms with Crippen LogP contribution in [0.4, 0.5) is 5.95 Å². The Hall–Kier alpha value is -2.50. The van der Waals surface area contributed by atoms with Crippen molar-refractivity contribution < 1.29 is 0 Å². The highest BCUT2D eigenvalue weighted by molar-refractivity contribution is 5.86. The number of nitrogens with one attached hydrogen (secondary N) is 1. The van der Waals surface area contributed by atoms with Crippen molar-refractivity contribution in [2.75, 3.05) is 44.2 Å². The van der Waals surface area contributed by atoms with Gasteiger partial charge in [-0.1, -0.05) is 36.4 Å². The van der Waals surface area contributed by atoms with Crippen LogP contribution in [-0.2, 0) is 0 Å². The molecule has 0 aliphatic carbocycles. The third-order valence-corrected chi connectivity index (χ3v) is 5.80. The van der Waals surface area contributed by atoms with E-state index in [1.807, 2.05) is 12.3 Å². The number of anilines is 1. The van der Waals surface area contributed by atoms with Crippen molar-refractivity contribution in [3.8, 4) is 11.3 Å². The van der Waals surface area contributed by atoms with E-state index in [1.54, 1.807) is 0 Å². The summed E-state index contributed by atoms with van der Waals surface area (Å²) < 4.78 is 0. The van der Waals surface area contributed by atoms with Gasteiger partial charge in [0.2, 0.25) is 5.95 Å². The molecule has 1 atom stereocenters. The predicted octanol–water partition coefficient (Wildman–Crippen LogP) is 2.78. The van der Waals surface area contributed by atoms with Crippen molar-refractivity contribution in [2.45, 2.75) is 12.5 Å². The largest absolute Gasteiger partial charge is 0.339 e. The minimum absolute atomic E-state index is 0.625. The minimum Gasteiger partial charge on any atom is -0.339 e. The molecule has 2 aromatic carbocycles.